The smallest absolute Gasteiger partial charge is 0.324 e. The predicted molar refractivity (Wildman–Crippen MR) is 93.6 cm³/mol. The van der Waals surface area contributed by atoms with Crippen LogP contribution < -0.4 is 5.32 Å². The van der Waals surface area contributed by atoms with Gasteiger partial charge in [0.05, 0.1) is 26.9 Å². The maximum Gasteiger partial charge on any atom is 0.324 e. The molecule has 1 aromatic rings. The van der Waals surface area contributed by atoms with Crippen molar-refractivity contribution in [3.63, 3.8) is 0 Å². The summed E-state index contributed by atoms with van der Waals surface area (Å²) < 4.78 is 0. The Labute approximate surface area is 153 Å². The highest BCUT2D eigenvalue weighted by Crippen LogP contribution is 2.38. The number of carbonyl (C=O) groups excluding carboxylic acids is 1. The molecule has 1 aliphatic rings. The van der Waals surface area contributed by atoms with Crippen molar-refractivity contribution < 1.29 is 24.7 Å². The van der Waals surface area contributed by atoms with Crippen molar-refractivity contribution in [3.05, 3.63) is 42.5 Å². The molecule has 0 aliphatic carbocycles. The van der Waals surface area contributed by atoms with Gasteiger partial charge in [-0.05, 0) is 27.7 Å². The molecule has 0 saturated carbocycles. The molecular formula is C15H20N4O8. The Kier molecular flexibility index (Phi) is 6.17. The third-order valence-corrected chi connectivity index (χ3v) is 3.61. The molecule has 12 nitrogen and oxygen atoms in total. The Hall–Kier alpha value is -3.15. The molecule has 0 spiro atoms. The highest BCUT2D eigenvalue weighted by atomic mass is 16.6. The number of aromatic hydroxyl groups is 1. The minimum Gasteiger partial charge on any atom is -0.497 e. The van der Waals surface area contributed by atoms with Crippen LogP contribution in [0.3, 0.4) is 0 Å². The summed E-state index contributed by atoms with van der Waals surface area (Å²) >= 11 is 0. The van der Waals surface area contributed by atoms with E-state index in [2.05, 4.69) is 33.0 Å². The van der Waals surface area contributed by atoms with Gasteiger partial charge in [0.15, 0.2) is 0 Å². The van der Waals surface area contributed by atoms with Crippen molar-refractivity contribution >= 4 is 22.8 Å². The maximum atomic E-state index is 11.3. The van der Waals surface area contributed by atoms with Gasteiger partial charge in [-0.2, -0.15) is 0 Å². The number of hydrogen-bond donors (Lipinski definition) is 2. The summed E-state index contributed by atoms with van der Waals surface area (Å²) in [6, 6.07) is 0.894. The number of rotatable bonds is 3. The summed E-state index contributed by atoms with van der Waals surface area (Å²) in [5.41, 5.74) is -3.03. The third-order valence-electron chi connectivity index (χ3n) is 3.61. The van der Waals surface area contributed by atoms with Crippen LogP contribution >= 0.6 is 0 Å². The number of nitro groups is 3. The van der Waals surface area contributed by atoms with Gasteiger partial charge in [0.1, 0.15) is 5.78 Å². The standard InChI is InChI=1S/C9H17NO.C6H3N3O7/c1-8(2)5-7(11)6-9(3,4)10-8;10-6-4(8(13)14)1-3(7(11)12)2-5(6)9(15)16/h10H,5-6H2,1-4H3;1-2,10H. The van der Waals surface area contributed by atoms with Crippen LogP contribution in [0, 0.1) is 30.3 Å². The SMILES string of the molecule is CC1(C)CC(=O)CC(C)(C)N1.O=[N+]([O-])c1cc([N+](=O)[O-])c(O)c([N+](=O)[O-])c1. The monoisotopic (exact) mass is 384 g/mol. The number of piperidine rings is 1. The van der Waals surface area contributed by atoms with Gasteiger partial charge in [-0.1, -0.05) is 0 Å². The van der Waals surface area contributed by atoms with E-state index in [0.717, 1.165) is 0 Å². The summed E-state index contributed by atoms with van der Waals surface area (Å²) in [4.78, 5) is 39.0. The zero-order valence-electron chi connectivity index (χ0n) is 15.2. The first-order chi connectivity index (χ1) is 12.1. The molecule has 1 aliphatic heterocycles. The summed E-state index contributed by atoms with van der Waals surface area (Å²) in [6.07, 6.45) is 1.33. The Morgan fingerprint density at radius 1 is 0.889 bits per heavy atom. The average molecular weight is 384 g/mol. The minimum absolute atomic E-state index is 0.0150. The molecule has 2 N–H and O–H groups in total. The van der Waals surface area contributed by atoms with Crippen LogP contribution in [0.25, 0.3) is 0 Å². The molecule has 0 radical (unpaired) electrons. The lowest BCUT2D eigenvalue weighted by Crippen LogP contribution is -2.58. The lowest BCUT2D eigenvalue weighted by atomic mass is 9.82. The molecule has 1 fully saturated rings. The fourth-order valence-electron chi connectivity index (χ4n) is 3.03. The Morgan fingerprint density at radius 2 is 1.26 bits per heavy atom. The lowest BCUT2D eigenvalue weighted by Gasteiger charge is -2.41. The zero-order valence-corrected chi connectivity index (χ0v) is 15.2. The topological polar surface area (TPSA) is 179 Å². The van der Waals surface area contributed by atoms with E-state index >= 15 is 0 Å². The molecular weight excluding hydrogens is 364 g/mol. The predicted octanol–water partition coefficient (Wildman–Crippen LogP) is 2.61. The first-order valence-electron chi connectivity index (χ1n) is 7.76. The second-order valence-corrected chi connectivity index (χ2v) is 7.39. The van der Waals surface area contributed by atoms with Gasteiger partial charge in [-0.15, -0.1) is 0 Å². The van der Waals surface area contributed by atoms with Crippen molar-refractivity contribution in [1.82, 2.24) is 5.32 Å². The summed E-state index contributed by atoms with van der Waals surface area (Å²) in [7, 11) is 0. The second kappa shape index (κ2) is 7.61. The zero-order chi connectivity index (χ0) is 21.2. The highest BCUT2D eigenvalue weighted by Gasteiger charge is 2.36. The molecule has 0 aromatic heterocycles. The Balaban J connectivity index is 0.000000289. The maximum absolute atomic E-state index is 11.3. The first-order valence-corrected chi connectivity index (χ1v) is 7.76. The minimum atomic E-state index is -1.21. The van der Waals surface area contributed by atoms with E-state index in [4.69, 9.17) is 5.11 Å². The van der Waals surface area contributed by atoms with Gasteiger partial charge >= 0.3 is 11.4 Å². The number of phenolic OH excluding ortho intramolecular Hbond substituents is 1. The van der Waals surface area contributed by atoms with Crippen LogP contribution in [0.4, 0.5) is 17.1 Å². The molecule has 0 unspecified atom stereocenters. The summed E-state index contributed by atoms with van der Waals surface area (Å²) in [5, 5.41) is 43.7. The van der Waals surface area contributed by atoms with Gasteiger partial charge in [0.2, 0.25) is 0 Å². The van der Waals surface area contributed by atoms with Crippen LogP contribution in [-0.2, 0) is 4.79 Å². The summed E-state index contributed by atoms with van der Waals surface area (Å²) in [6.45, 7) is 8.30. The average Bonchev–Trinajstić information content (AvgIpc) is 2.43. The van der Waals surface area contributed by atoms with Crippen molar-refractivity contribution in [3.8, 4) is 5.75 Å². The number of phenols is 1. The molecule has 0 amide bonds. The van der Waals surface area contributed by atoms with E-state index in [9.17, 15) is 35.1 Å². The first kappa shape index (κ1) is 21.9. The Morgan fingerprint density at radius 3 is 1.52 bits per heavy atom. The van der Waals surface area contributed by atoms with Crippen LogP contribution in [0.15, 0.2) is 12.1 Å². The molecule has 0 bridgehead atoms. The van der Waals surface area contributed by atoms with Crippen molar-refractivity contribution in [2.45, 2.75) is 51.6 Å². The van der Waals surface area contributed by atoms with Gasteiger partial charge in [0, 0.05) is 23.9 Å². The normalized spacial score (nSPS) is 17.4. The van der Waals surface area contributed by atoms with Gasteiger partial charge in [0.25, 0.3) is 11.4 Å². The van der Waals surface area contributed by atoms with Crippen molar-refractivity contribution in [2.75, 3.05) is 0 Å². The number of nitro benzene ring substituents is 3. The quantitative estimate of drug-likeness (QED) is 0.585. The fraction of sp³-hybridized carbons (Fsp3) is 0.533. The van der Waals surface area contributed by atoms with Crippen molar-refractivity contribution in [2.24, 2.45) is 0 Å². The van der Waals surface area contributed by atoms with Crippen LogP contribution in [0.5, 0.6) is 5.75 Å². The summed E-state index contributed by atoms with van der Waals surface area (Å²) in [5.74, 6) is -0.834. The van der Waals surface area contributed by atoms with Gasteiger partial charge in [-0.25, -0.2) is 0 Å². The number of carbonyl (C=O) groups is 1. The highest BCUT2D eigenvalue weighted by molar-refractivity contribution is 5.81. The molecule has 148 valence electrons. The number of hydrogen-bond acceptors (Lipinski definition) is 9. The van der Waals surface area contributed by atoms with E-state index in [-0.39, 0.29) is 11.1 Å². The number of nitrogens with zero attached hydrogens (tertiary/aromatic N) is 3. The number of non-ortho nitro benzene ring substituents is 1. The number of nitrogens with one attached hydrogen (secondary N) is 1. The van der Waals surface area contributed by atoms with E-state index in [0.29, 0.717) is 30.8 Å². The molecule has 1 heterocycles. The Bertz CT molecular complexity index is 750. The van der Waals surface area contributed by atoms with Crippen LogP contribution in [0.2, 0.25) is 0 Å². The van der Waals surface area contributed by atoms with Gasteiger partial charge in [-0.3, -0.25) is 35.1 Å². The largest absolute Gasteiger partial charge is 0.497 e. The lowest BCUT2D eigenvalue weighted by molar-refractivity contribution is -0.404. The number of ketones is 1. The van der Waals surface area contributed by atoms with Crippen LogP contribution in [0.1, 0.15) is 40.5 Å². The van der Waals surface area contributed by atoms with Gasteiger partial charge < -0.3 is 10.4 Å². The van der Waals surface area contributed by atoms with E-state index < -0.39 is 37.6 Å². The van der Waals surface area contributed by atoms with E-state index in [1.54, 1.807) is 0 Å². The fourth-order valence-corrected chi connectivity index (χ4v) is 3.03. The van der Waals surface area contributed by atoms with E-state index in [1.165, 1.54) is 0 Å². The molecule has 12 heteroatoms. The number of Topliss-reactive ketones (excluding diaryl/α,β-unsaturated/α-hetero) is 1. The molecule has 0 atom stereocenters. The van der Waals surface area contributed by atoms with E-state index in [1.807, 2.05) is 0 Å². The second-order valence-electron chi connectivity index (χ2n) is 7.39. The molecule has 1 saturated heterocycles. The molecule has 1 aromatic carbocycles. The van der Waals surface area contributed by atoms with Crippen LogP contribution in [-0.4, -0.2) is 36.7 Å². The molecule has 27 heavy (non-hydrogen) atoms. The third kappa shape index (κ3) is 5.95. The molecule has 2 rings (SSSR count). The number of benzene rings is 1. The van der Waals surface area contributed by atoms with Crippen molar-refractivity contribution in [1.29, 1.82) is 0 Å².